The van der Waals surface area contributed by atoms with Crippen molar-refractivity contribution in [3.63, 3.8) is 0 Å². The fourth-order valence-corrected chi connectivity index (χ4v) is 2.07. The first-order valence-electron chi connectivity index (χ1n) is 6.91. The Bertz CT molecular complexity index is 514. The highest BCUT2D eigenvalue weighted by atomic mass is 16.5. The van der Waals surface area contributed by atoms with E-state index < -0.39 is 12.0 Å². The normalized spacial score (nSPS) is 19.0. The van der Waals surface area contributed by atoms with Crippen LogP contribution < -0.4 is 0 Å². The first-order chi connectivity index (χ1) is 9.99. The SMILES string of the molecule is CC(C)c1noc(CCC(=O)N2CCOC[C@H]2C(=O)O)n1. The first-order valence-corrected chi connectivity index (χ1v) is 6.91. The van der Waals surface area contributed by atoms with Gasteiger partial charge in [0.2, 0.25) is 11.8 Å². The van der Waals surface area contributed by atoms with Gasteiger partial charge in [-0.3, -0.25) is 4.79 Å². The van der Waals surface area contributed by atoms with Gasteiger partial charge >= 0.3 is 5.97 Å². The molecule has 0 unspecified atom stereocenters. The number of ether oxygens (including phenoxy) is 1. The van der Waals surface area contributed by atoms with Gasteiger partial charge in [-0.05, 0) is 0 Å². The Morgan fingerprint density at radius 3 is 2.86 bits per heavy atom. The molecule has 1 atom stereocenters. The average molecular weight is 297 g/mol. The van der Waals surface area contributed by atoms with Crippen LogP contribution in [0.2, 0.25) is 0 Å². The minimum Gasteiger partial charge on any atom is -0.480 e. The Labute approximate surface area is 122 Å². The summed E-state index contributed by atoms with van der Waals surface area (Å²) in [5.41, 5.74) is 0. The molecule has 1 saturated heterocycles. The molecule has 0 aliphatic carbocycles. The number of hydrogen-bond acceptors (Lipinski definition) is 6. The molecule has 2 heterocycles. The van der Waals surface area contributed by atoms with Gasteiger partial charge in [-0.15, -0.1) is 0 Å². The number of morpholine rings is 1. The van der Waals surface area contributed by atoms with Crippen molar-refractivity contribution in [3.8, 4) is 0 Å². The van der Waals surface area contributed by atoms with Crippen LogP contribution in [0.4, 0.5) is 0 Å². The van der Waals surface area contributed by atoms with E-state index in [0.717, 1.165) is 0 Å². The number of nitrogens with zero attached hydrogens (tertiary/aromatic N) is 3. The second-order valence-electron chi connectivity index (χ2n) is 5.22. The van der Waals surface area contributed by atoms with Crippen molar-refractivity contribution < 1.29 is 24.0 Å². The zero-order chi connectivity index (χ0) is 15.4. The molecule has 8 nitrogen and oxygen atoms in total. The molecule has 1 aliphatic heterocycles. The van der Waals surface area contributed by atoms with Crippen molar-refractivity contribution in [2.24, 2.45) is 0 Å². The fourth-order valence-electron chi connectivity index (χ4n) is 2.07. The van der Waals surface area contributed by atoms with Gasteiger partial charge in [0.15, 0.2) is 11.9 Å². The summed E-state index contributed by atoms with van der Waals surface area (Å²) in [7, 11) is 0. The average Bonchev–Trinajstić information content (AvgIpc) is 2.94. The lowest BCUT2D eigenvalue weighted by Gasteiger charge is -2.32. The topological polar surface area (TPSA) is 106 Å². The Kier molecular flexibility index (Phi) is 4.89. The molecule has 1 fully saturated rings. The van der Waals surface area contributed by atoms with Crippen LogP contribution in [-0.4, -0.2) is 57.8 Å². The summed E-state index contributed by atoms with van der Waals surface area (Å²) in [6, 6.07) is -0.917. The predicted molar refractivity (Wildman–Crippen MR) is 70.7 cm³/mol. The quantitative estimate of drug-likeness (QED) is 0.840. The molecule has 8 heteroatoms. The van der Waals surface area contributed by atoms with E-state index in [1.165, 1.54) is 4.90 Å². The van der Waals surface area contributed by atoms with Crippen molar-refractivity contribution in [3.05, 3.63) is 11.7 Å². The Morgan fingerprint density at radius 2 is 2.24 bits per heavy atom. The standard InChI is InChI=1S/C13H19N3O5/c1-8(2)12-14-10(21-15-12)3-4-11(17)16-5-6-20-7-9(16)13(18)19/h8-9H,3-7H2,1-2H3,(H,18,19)/t9-/m0/s1. The third-order valence-electron chi connectivity index (χ3n) is 3.29. The molecule has 0 saturated carbocycles. The van der Waals surface area contributed by atoms with E-state index in [9.17, 15) is 9.59 Å². The number of hydrogen-bond donors (Lipinski definition) is 1. The van der Waals surface area contributed by atoms with Gasteiger partial charge in [0.05, 0.1) is 13.2 Å². The number of carbonyl (C=O) groups excluding carboxylic acids is 1. The molecule has 0 spiro atoms. The van der Waals surface area contributed by atoms with Crippen LogP contribution in [0.15, 0.2) is 4.52 Å². The molecule has 2 rings (SSSR count). The van der Waals surface area contributed by atoms with Crippen molar-refractivity contribution in [2.75, 3.05) is 19.8 Å². The number of aromatic nitrogens is 2. The number of amides is 1. The molecular weight excluding hydrogens is 278 g/mol. The first kappa shape index (κ1) is 15.4. The van der Waals surface area contributed by atoms with E-state index in [1.54, 1.807) is 0 Å². The zero-order valence-corrected chi connectivity index (χ0v) is 12.1. The Balaban J connectivity index is 1.92. The van der Waals surface area contributed by atoms with Crippen LogP contribution in [0.25, 0.3) is 0 Å². The maximum absolute atomic E-state index is 12.1. The molecular formula is C13H19N3O5. The maximum atomic E-state index is 12.1. The van der Waals surface area contributed by atoms with E-state index in [4.69, 9.17) is 14.4 Å². The highest BCUT2D eigenvalue weighted by Gasteiger charge is 2.32. The number of rotatable bonds is 5. The van der Waals surface area contributed by atoms with Gasteiger partial charge in [0.25, 0.3) is 0 Å². The maximum Gasteiger partial charge on any atom is 0.328 e. The van der Waals surface area contributed by atoms with Gasteiger partial charge in [0, 0.05) is 25.3 Å². The molecule has 1 aromatic heterocycles. The summed E-state index contributed by atoms with van der Waals surface area (Å²) in [6.07, 6.45) is 0.450. The molecule has 21 heavy (non-hydrogen) atoms. The van der Waals surface area contributed by atoms with Crippen LogP contribution in [-0.2, 0) is 20.7 Å². The zero-order valence-electron chi connectivity index (χ0n) is 12.1. The summed E-state index contributed by atoms with van der Waals surface area (Å²) < 4.78 is 10.2. The van der Waals surface area contributed by atoms with Gasteiger partial charge in [-0.2, -0.15) is 4.98 Å². The minimum atomic E-state index is -1.05. The predicted octanol–water partition coefficient (Wildman–Crippen LogP) is 0.438. The molecule has 1 amide bonds. The van der Waals surface area contributed by atoms with E-state index in [1.807, 2.05) is 13.8 Å². The smallest absolute Gasteiger partial charge is 0.328 e. The molecule has 1 aliphatic rings. The fraction of sp³-hybridized carbons (Fsp3) is 0.692. The van der Waals surface area contributed by atoms with Gasteiger partial charge < -0.3 is 19.3 Å². The number of carboxylic acid groups (broad SMARTS) is 1. The van der Waals surface area contributed by atoms with Crippen molar-refractivity contribution in [1.29, 1.82) is 0 Å². The monoisotopic (exact) mass is 297 g/mol. The lowest BCUT2D eigenvalue weighted by molar-refractivity contribution is -0.158. The molecule has 1 N–H and O–H groups in total. The van der Waals surface area contributed by atoms with E-state index >= 15 is 0 Å². The highest BCUT2D eigenvalue weighted by molar-refractivity contribution is 5.84. The number of aryl methyl sites for hydroxylation is 1. The molecule has 0 radical (unpaired) electrons. The second-order valence-corrected chi connectivity index (χ2v) is 5.22. The van der Waals surface area contributed by atoms with Gasteiger partial charge in [-0.25, -0.2) is 4.79 Å². The van der Waals surface area contributed by atoms with Crippen molar-refractivity contribution in [2.45, 2.75) is 38.6 Å². The number of carbonyl (C=O) groups is 2. The lowest BCUT2D eigenvalue weighted by atomic mass is 10.2. The largest absolute Gasteiger partial charge is 0.480 e. The van der Waals surface area contributed by atoms with Crippen LogP contribution in [0, 0.1) is 0 Å². The van der Waals surface area contributed by atoms with Crippen molar-refractivity contribution >= 4 is 11.9 Å². The third-order valence-corrected chi connectivity index (χ3v) is 3.29. The van der Waals surface area contributed by atoms with Crippen LogP contribution in [0.5, 0.6) is 0 Å². The minimum absolute atomic E-state index is 0.0269. The van der Waals surface area contributed by atoms with Crippen molar-refractivity contribution in [1.82, 2.24) is 15.0 Å². The molecule has 116 valence electrons. The summed E-state index contributed by atoms with van der Waals surface area (Å²) in [4.78, 5) is 28.8. The summed E-state index contributed by atoms with van der Waals surface area (Å²) >= 11 is 0. The van der Waals surface area contributed by atoms with Gasteiger partial charge in [-0.1, -0.05) is 19.0 Å². The summed E-state index contributed by atoms with van der Waals surface area (Å²) in [6.45, 7) is 4.57. The molecule has 0 bridgehead atoms. The molecule has 1 aromatic rings. The Morgan fingerprint density at radius 1 is 1.48 bits per heavy atom. The lowest BCUT2D eigenvalue weighted by Crippen LogP contribution is -2.52. The molecule has 0 aromatic carbocycles. The third kappa shape index (κ3) is 3.78. The van der Waals surface area contributed by atoms with Crippen LogP contribution in [0.3, 0.4) is 0 Å². The Hall–Kier alpha value is -1.96. The van der Waals surface area contributed by atoms with E-state index in [0.29, 0.717) is 24.7 Å². The van der Waals surface area contributed by atoms with Crippen LogP contribution >= 0.6 is 0 Å². The highest BCUT2D eigenvalue weighted by Crippen LogP contribution is 2.13. The van der Waals surface area contributed by atoms with E-state index in [-0.39, 0.29) is 31.4 Å². The summed E-state index contributed by atoms with van der Waals surface area (Å²) in [5, 5.41) is 12.9. The van der Waals surface area contributed by atoms with Gasteiger partial charge in [0.1, 0.15) is 0 Å². The second kappa shape index (κ2) is 6.66. The number of aliphatic carboxylic acids is 1. The number of carboxylic acids is 1. The summed E-state index contributed by atoms with van der Waals surface area (Å²) in [5.74, 6) is -0.133. The van der Waals surface area contributed by atoms with Crippen LogP contribution in [0.1, 0.15) is 37.9 Å². The van der Waals surface area contributed by atoms with E-state index in [2.05, 4.69) is 10.1 Å².